The van der Waals surface area contributed by atoms with E-state index in [1.54, 1.807) is 0 Å². The molecule has 0 bridgehead atoms. The van der Waals surface area contributed by atoms with Crippen LogP contribution in [0.25, 0.3) is 0 Å². The van der Waals surface area contributed by atoms with Crippen LogP contribution in [-0.2, 0) is 6.54 Å². The highest BCUT2D eigenvalue weighted by molar-refractivity contribution is 5.84. The van der Waals surface area contributed by atoms with Gasteiger partial charge in [-0.1, -0.05) is 0 Å². The molecular weight excluding hydrogens is 220 g/mol. The van der Waals surface area contributed by atoms with Crippen LogP contribution in [0.4, 0.5) is 17.6 Å². The van der Waals surface area contributed by atoms with Crippen LogP contribution in [-0.4, -0.2) is 33.2 Å². The van der Waals surface area contributed by atoms with Crippen molar-refractivity contribution in [3.05, 3.63) is 18.0 Å². The van der Waals surface area contributed by atoms with Gasteiger partial charge in [-0.3, -0.25) is 4.68 Å². The Hall–Kier alpha value is -1.60. The number of nitrogens with zero attached hydrogens (tertiary/aromatic N) is 2. The van der Waals surface area contributed by atoms with Gasteiger partial charge in [0.1, 0.15) is 6.54 Å². The summed E-state index contributed by atoms with van der Waals surface area (Å²) in [6.45, 7) is -1.35. The van der Waals surface area contributed by atoms with Gasteiger partial charge in [-0.05, 0) is 6.07 Å². The van der Waals surface area contributed by atoms with Gasteiger partial charge in [0.05, 0.1) is 0 Å². The Bertz CT molecular complexity index is 364. The highest BCUT2D eigenvalue weighted by Gasteiger charge is 2.41. The molecule has 0 saturated heterocycles. The maximum atomic E-state index is 12.5. The molecule has 1 aromatic heterocycles. The Balaban J connectivity index is 2.77. The second kappa shape index (κ2) is 3.87. The molecule has 1 heterocycles. The minimum Gasteiger partial charge on any atom is -0.476 e. The highest BCUT2D eigenvalue weighted by Crippen LogP contribution is 2.24. The minimum absolute atomic E-state index is 0.468. The van der Waals surface area contributed by atoms with Crippen LogP contribution in [0.2, 0.25) is 0 Å². The van der Waals surface area contributed by atoms with E-state index in [1.807, 2.05) is 0 Å². The minimum atomic E-state index is -4.22. The van der Waals surface area contributed by atoms with Crippen LogP contribution in [0.3, 0.4) is 0 Å². The topological polar surface area (TPSA) is 55.1 Å². The Kier molecular flexibility index (Phi) is 2.96. The van der Waals surface area contributed by atoms with Crippen molar-refractivity contribution in [3.63, 3.8) is 0 Å². The van der Waals surface area contributed by atoms with Crippen molar-refractivity contribution >= 4 is 5.97 Å². The number of halogens is 4. The number of carboxylic acid groups (broad SMARTS) is 1. The maximum Gasteiger partial charge on any atom is 0.356 e. The van der Waals surface area contributed by atoms with E-state index in [4.69, 9.17) is 5.11 Å². The zero-order chi connectivity index (χ0) is 11.6. The molecule has 0 radical (unpaired) electrons. The zero-order valence-electron chi connectivity index (χ0n) is 7.20. The Morgan fingerprint density at radius 1 is 1.60 bits per heavy atom. The van der Waals surface area contributed by atoms with Crippen molar-refractivity contribution in [2.75, 3.05) is 0 Å². The normalized spacial score (nSPS) is 12.1. The third-order valence-electron chi connectivity index (χ3n) is 1.55. The molecule has 0 aliphatic rings. The van der Waals surface area contributed by atoms with E-state index < -0.39 is 30.6 Å². The van der Waals surface area contributed by atoms with Gasteiger partial charge in [-0.15, -0.1) is 0 Å². The van der Waals surface area contributed by atoms with Crippen LogP contribution < -0.4 is 0 Å². The smallest absolute Gasteiger partial charge is 0.356 e. The molecule has 84 valence electrons. The van der Waals surface area contributed by atoms with Gasteiger partial charge in [-0.2, -0.15) is 13.9 Å². The van der Waals surface area contributed by atoms with Crippen LogP contribution in [0, 0.1) is 0 Å². The molecule has 0 aliphatic heterocycles. The molecule has 0 atom stereocenters. The fraction of sp³-hybridized carbons (Fsp3) is 0.429. The second-order valence-corrected chi connectivity index (χ2v) is 2.77. The van der Waals surface area contributed by atoms with Gasteiger partial charge in [0.25, 0.3) is 0 Å². The summed E-state index contributed by atoms with van der Waals surface area (Å²) in [4.78, 5) is 10.3. The monoisotopic (exact) mass is 226 g/mol. The summed E-state index contributed by atoms with van der Waals surface area (Å²) in [5.74, 6) is -5.63. The number of hydrogen-bond donors (Lipinski definition) is 1. The number of carboxylic acids is 1. The number of aromatic carboxylic acids is 1. The predicted molar refractivity (Wildman–Crippen MR) is 40.1 cm³/mol. The number of carbonyl (C=O) groups is 1. The Labute approximate surface area is 81.1 Å². The van der Waals surface area contributed by atoms with Crippen LogP contribution in [0.5, 0.6) is 0 Å². The maximum absolute atomic E-state index is 12.5. The van der Waals surface area contributed by atoms with E-state index in [-0.39, 0.29) is 0 Å². The summed E-state index contributed by atoms with van der Waals surface area (Å²) in [6, 6.07) is 0.948. The summed E-state index contributed by atoms with van der Waals surface area (Å²) >= 11 is 0. The zero-order valence-corrected chi connectivity index (χ0v) is 7.20. The quantitative estimate of drug-likeness (QED) is 0.791. The van der Waals surface area contributed by atoms with E-state index in [9.17, 15) is 22.4 Å². The lowest BCUT2D eigenvalue weighted by molar-refractivity contribution is -0.139. The molecule has 15 heavy (non-hydrogen) atoms. The van der Waals surface area contributed by atoms with Crippen LogP contribution >= 0.6 is 0 Å². The van der Waals surface area contributed by atoms with Crippen molar-refractivity contribution in [2.45, 2.75) is 18.9 Å². The van der Waals surface area contributed by atoms with Crippen molar-refractivity contribution in [1.82, 2.24) is 9.78 Å². The molecule has 0 saturated carbocycles. The molecule has 4 nitrogen and oxygen atoms in total. The number of aromatic nitrogens is 2. The first-order valence-electron chi connectivity index (χ1n) is 3.75. The van der Waals surface area contributed by atoms with Gasteiger partial charge in [0.2, 0.25) is 0 Å². The molecule has 0 spiro atoms. The van der Waals surface area contributed by atoms with E-state index in [2.05, 4.69) is 5.10 Å². The van der Waals surface area contributed by atoms with Gasteiger partial charge >= 0.3 is 18.3 Å². The van der Waals surface area contributed by atoms with Crippen molar-refractivity contribution < 1.29 is 27.5 Å². The first-order valence-corrected chi connectivity index (χ1v) is 3.75. The lowest BCUT2D eigenvalue weighted by atomic mass is 10.3. The molecule has 0 amide bonds. The van der Waals surface area contributed by atoms with Crippen molar-refractivity contribution in [2.24, 2.45) is 0 Å². The van der Waals surface area contributed by atoms with E-state index in [0.29, 0.717) is 4.68 Å². The Morgan fingerprint density at radius 3 is 2.60 bits per heavy atom. The van der Waals surface area contributed by atoms with Crippen molar-refractivity contribution in [3.8, 4) is 0 Å². The summed E-state index contributed by atoms with van der Waals surface area (Å²) < 4.78 is 48.9. The summed E-state index contributed by atoms with van der Waals surface area (Å²) in [5.41, 5.74) is -0.472. The number of hydrogen-bond acceptors (Lipinski definition) is 2. The SMILES string of the molecule is O=C(O)c1ccn(CC(F)(F)C(F)F)n1. The van der Waals surface area contributed by atoms with Crippen LogP contribution in [0.15, 0.2) is 12.3 Å². The fourth-order valence-corrected chi connectivity index (χ4v) is 0.849. The first kappa shape index (κ1) is 11.5. The van der Waals surface area contributed by atoms with E-state index >= 15 is 0 Å². The standard InChI is InChI=1S/C7H6F4N2O2/c8-6(9)7(10,11)3-13-2-1-4(12-13)5(14)15/h1-2,6H,3H2,(H,14,15). The molecule has 1 rings (SSSR count). The Morgan fingerprint density at radius 2 is 2.20 bits per heavy atom. The summed E-state index contributed by atoms with van der Waals surface area (Å²) in [6.07, 6.45) is -2.91. The third kappa shape index (κ3) is 2.67. The molecular formula is C7H6F4N2O2. The van der Waals surface area contributed by atoms with Crippen LogP contribution in [0.1, 0.15) is 10.5 Å². The molecule has 1 N–H and O–H groups in total. The van der Waals surface area contributed by atoms with Gasteiger partial charge in [0, 0.05) is 6.20 Å². The molecule has 0 fully saturated rings. The van der Waals surface area contributed by atoms with Crippen molar-refractivity contribution in [1.29, 1.82) is 0 Å². The first-order chi connectivity index (χ1) is 6.83. The van der Waals surface area contributed by atoms with Gasteiger partial charge in [0.15, 0.2) is 5.69 Å². The predicted octanol–water partition coefficient (Wildman–Crippen LogP) is 1.48. The lowest BCUT2D eigenvalue weighted by Crippen LogP contribution is -2.32. The number of alkyl halides is 4. The highest BCUT2D eigenvalue weighted by atomic mass is 19.3. The largest absolute Gasteiger partial charge is 0.476 e. The van der Waals surface area contributed by atoms with Gasteiger partial charge in [-0.25, -0.2) is 13.6 Å². The summed E-state index contributed by atoms with van der Waals surface area (Å²) in [5, 5.41) is 11.6. The lowest BCUT2D eigenvalue weighted by Gasteiger charge is -2.14. The second-order valence-electron chi connectivity index (χ2n) is 2.77. The molecule has 8 heteroatoms. The number of rotatable bonds is 4. The molecule has 0 unspecified atom stereocenters. The van der Waals surface area contributed by atoms with E-state index in [1.165, 1.54) is 0 Å². The average Bonchev–Trinajstić information content (AvgIpc) is 2.51. The molecule has 1 aromatic rings. The molecule has 0 aliphatic carbocycles. The average molecular weight is 226 g/mol. The third-order valence-corrected chi connectivity index (χ3v) is 1.55. The molecule has 0 aromatic carbocycles. The fourth-order valence-electron chi connectivity index (χ4n) is 0.849. The van der Waals surface area contributed by atoms with Gasteiger partial charge < -0.3 is 5.11 Å². The van der Waals surface area contributed by atoms with E-state index in [0.717, 1.165) is 12.3 Å². The summed E-state index contributed by atoms with van der Waals surface area (Å²) in [7, 11) is 0.